The van der Waals surface area contributed by atoms with Crippen LogP contribution >= 0.6 is 11.3 Å². The lowest BCUT2D eigenvalue weighted by molar-refractivity contribution is 0.187. The first-order chi connectivity index (χ1) is 5.24. The molecule has 1 heterocycles. The van der Waals surface area contributed by atoms with Crippen molar-refractivity contribution >= 4 is 11.3 Å². The highest BCUT2D eigenvalue weighted by Gasteiger charge is 2.04. The number of nitrogens with zero attached hydrogens (tertiary/aromatic N) is 1. The summed E-state index contributed by atoms with van der Waals surface area (Å²) in [5.41, 5.74) is 0. The van der Waals surface area contributed by atoms with Crippen LogP contribution < -0.4 is 0 Å². The van der Waals surface area contributed by atoms with Gasteiger partial charge < -0.3 is 4.74 Å². The highest BCUT2D eigenvalue weighted by molar-refractivity contribution is 7.11. The van der Waals surface area contributed by atoms with Crippen LogP contribution in [0.4, 0.5) is 0 Å². The monoisotopic (exact) mass is 171 g/mol. The van der Waals surface area contributed by atoms with Gasteiger partial charge in [0.1, 0.15) is 0 Å². The molecule has 1 aromatic heterocycles. The predicted octanol–water partition coefficient (Wildman–Crippen LogP) is 2.41. The Morgan fingerprint density at radius 2 is 2.36 bits per heavy atom. The summed E-state index contributed by atoms with van der Waals surface area (Å²) in [5, 5.41) is 1.19. The first-order valence-corrected chi connectivity index (χ1v) is 4.49. The van der Waals surface area contributed by atoms with Gasteiger partial charge in [0, 0.05) is 19.2 Å². The van der Waals surface area contributed by atoms with Gasteiger partial charge in [-0.25, -0.2) is 4.98 Å². The zero-order valence-electron chi connectivity index (χ0n) is 7.13. The Morgan fingerprint density at radius 3 is 2.82 bits per heavy atom. The smallest absolute Gasteiger partial charge is 0.0953 e. The molecule has 1 rings (SSSR count). The zero-order valence-corrected chi connectivity index (χ0v) is 7.94. The second-order valence-electron chi connectivity index (χ2n) is 2.75. The molecule has 0 bridgehead atoms. The van der Waals surface area contributed by atoms with Gasteiger partial charge >= 0.3 is 0 Å². The first kappa shape index (κ1) is 8.68. The Labute approximate surface area is 71.2 Å². The summed E-state index contributed by atoms with van der Waals surface area (Å²) in [5.74, 6) is 0.533. The van der Waals surface area contributed by atoms with Crippen LogP contribution in [0.2, 0.25) is 0 Å². The van der Waals surface area contributed by atoms with Crippen molar-refractivity contribution in [2.24, 2.45) is 0 Å². The summed E-state index contributed by atoms with van der Waals surface area (Å²) < 4.78 is 4.99. The fourth-order valence-electron chi connectivity index (χ4n) is 0.799. The molecule has 0 fully saturated rings. The summed E-state index contributed by atoms with van der Waals surface area (Å²) in [6.45, 7) is 4.98. The largest absolute Gasteiger partial charge is 0.379 e. The van der Waals surface area contributed by atoms with Crippen molar-refractivity contribution in [1.29, 1.82) is 0 Å². The van der Waals surface area contributed by atoms with Gasteiger partial charge in [0.05, 0.1) is 16.5 Å². The Kier molecular flexibility index (Phi) is 3.02. The number of rotatable bonds is 3. The summed E-state index contributed by atoms with van der Waals surface area (Å²) >= 11 is 1.73. The van der Waals surface area contributed by atoms with Crippen LogP contribution in [0.25, 0.3) is 0 Å². The average Bonchev–Trinajstić information content (AvgIpc) is 2.37. The molecular formula is C8H13NOS. The van der Waals surface area contributed by atoms with Crippen LogP contribution in [0.15, 0.2) is 6.20 Å². The second-order valence-corrected chi connectivity index (χ2v) is 3.90. The third-order valence-electron chi connectivity index (χ3n) is 1.35. The predicted molar refractivity (Wildman–Crippen MR) is 46.9 cm³/mol. The molecule has 0 unspecified atom stereocenters. The molecule has 3 heteroatoms. The van der Waals surface area contributed by atoms with Gasteiger partial charge in [0.25, 0.3) is 0 Å². The number of hydrogen-bond donors (Lipinski definition) is 0. The minimum atomic E-state index is 0.533. The fraction of sp³-hybridized carbons (Fsp3) is 0.625. The van der Waals surface area contributed by atoms with Crippen LogP contribution in [0.5, 0.6) is 0 Å². The van der Waals surface area contributed by atoms with Crippen molar-refractivity contribution in [1.82, 2.24) is 4.98 Å². The van der Waals surface area contributed by atoms with Gasteiger partial charge in [-0.1, -0.05) is 13.8 Å². The molecule has 0 radical (unpaired) electrons. The van der Waals surface area contributed by atoms with Gasteiger partial charge in [-0.05, 0) is 0 Å². The summed E-state index contributed by atoms with van der Waals surface area (Å²) in [6, 6.07) is 0. The molecule has 0 N–H and O–H groups in total. The Hall–Kier alpha value is -0.410. The number of methoxy groups -OCH3 is 1. The van der Waals surface area contributed by atoms with Gasteiger partial charge in [-0.15, -0.1) is 11.3 Å². The molecule has 0 aromatic carbocycles. The van der Waals surface area contributed by atoms with E-state index in [9.17, 15) is 0 Å². The number of thiazole rings is 1. The molecular weight excluding hydrogens is 158 g/mol. The molecule has 0 aliphatic rings. The van der Waals surface area contributed by atoms with E-state index < -0.39 is 0 Å². The van der Waals surface area contributed by atoms with Crippen molar-refractivity contribution < 1.29 is 4.74 Å². The van der Waals surface area contributed by atoms with Gasteiger partial charge in [0.15, 0.2) is 0 Å². The van der Waals surface area contributed by atoms with E-state index in [1.165, 1.54) is 9.88 Å². The van der Waals surface area contributed by atoms with E-state index in [1.54, 1.807) is 18.4 Å². The first-order valence-electron chi connectivity index (χ1n) is 3.67. The van der Waals surface area contributed by atoms with Crippen molar-refractivity contribution in [3.63, 3.8) is 0 Å². The van der Waals surface area contributed by atoms with Crippen molar-refractivity contribution in [3.05, 3.63) is 16.1 Å². The SMILES string of the molecule is COCc1cnc(C(C)C)s1. The van der Waals surface area contributed by atoms with E-state index in [2.05, 4.69) is 18.8 Å². The molecule has 2 nitrogen and oxygen atoms in total. The number of hydrogen-bond acceptors (Lipinski definition) is 3. The average molecular weight is 171 g/mol. The van der Waals surface area contributed by atoms with E-state index >= 15 is 0 Å². The van der Waals surface area contributed by atoms with Crippen molar-refractivity contribution in [2.75, 3.05) is 7.11 Å². The molecule has 0 saturated heterocycles. The van der Waals surface area contributed by atoms with E-state index in [1.807, 2.05) is 6.20 Å². The van der Waals surface area contributed by atoms with Crippen LogP contribution in [0.1, 0.15) is 29.7 Å². The lowest BCUT2D eigenvalue weighted by Gasteiger charge is -1.95. The molecule has 1 aromatic rings. The van der Waals surface area contributed by atoms with E-state index in [0.29, 0.717) is 12.5 Å². The minimum absolute atomic E-state index is 0.533. The maximum atomic E-state index is 4.99. The molecule has 0 saturated carbocycles. The maximum absolute atomic E-state index is 4.99. The van der Waals surface area contributed by atoms with E-state index in [4.69, 9.17) is 4.74 Å². The molecule has 11 heavy (non-hydrogen) atoms. The van der Waals surface area contributed by atoms with E-state index in [-0.39, 0.29) is 0 Å². The molecule has 0 atom stereocenters. The molecule has 0 aliphatic heterocycles. The summed E-state index contributed by atoms with van der Waals surface area (Å²) in [4.78, 5) is 5.48. The van der Waals surface area contributed by atoms with Gasteiger partial charge in [-0.3, -0.25) is 0 Å². The molecule has 62 valence electrons. The highest BCUT2D eigenvalue weighted by Crippen LogP contribution is 2.21. The number of aromatic nitrogens is 1. The zero-order chi connectivity index (χ0) is 8.27. The van der Waals surface area contributed by atoms with Gasteiger partial charge in [0.2, 0.25) is 0 Å². The molecule has 0 aliphatic carbocycles. The lowest BCUT2D eigenvalue weighted by atomic mass is 10.2. The fourth-order valence-corrected chi connectivity index (χ4v) is 1.69. The lowest BCUT2D eigenvalue weighted by Crippen LogP contribution is -1.82. The molecule has 0 spiro atoms. The Balaban J connectivity index is 2.66. The summed E-state index contributed by atoms with van der Waals surface area (Å²) in [7, 11) is 1.70. The van der Waals surface area contributed by atoms with Crippen molar-refractivity contribution in [2.45, 2.75) is 26.4 Å². The third kappa shape index (κ3) is 2.27. The van der Waals surface area contributed by atoms with E-state index in [0.717, 1.165) is 0 Å². The topological polar surface area (TPSA) is 22.1 Å². The van der Waals surface area contributed by atoms with Crippen LogP contribution in [0, 0.1) is 0 Å². The van der Waals surface area contributed by atoms with Gasteiger partial charge in [-0.2, -0.15) is 0 Å². The van der Waals surface area contributed by atoms with Crippen LogP contribution in [-0.2, 0) is 11.3 Å². The number of ether oxygens (including phenoxy) is 1. The minimum Gasteiger partial charge on any atom is -0.379 e. The highest BCUT2D eigenvalue weighted by atomic mass is 32.1. The quantitative estimate of drug-likeness (QED) is 0.696. The van der Waals surface area contributed by atoms with Crippen molar-refractivity contribution in [3.8, 4) is 0 Å². The normalized spacial score (nSPS) is 10.9. The Morgan fingerprint density at radius 1 is 1.64 bits per heavy atom. The maximum Gasteiger partial charge on any atom is 0.0953 e. The van der Waals surface area contributed by atoms with Crippen LogP contribution in [0.3, 0.4) is 0 Å². The summed E-state index contributed by atoms with van der Waals surface area (Å²) in [6.07, 6.45) is 1.89. The standard InChI is InChI=1S/C8H13NOS/c1-6(2)8-9-4-7(11-8)5-10-3/h4,6H,5H2,1-3H3. The van der Waals surface area contributed by atoms with Crippen LogP contribution in [-0.4, -0.2) is 12.1 Å². The third-order valence-corrected chi connectivity index (χ3v) is 2.62. The molecule has 0 amide bonds. The Bertz CT molecular complexity index is 220. The second kappa shape index (κ2) is 3.83.